The van der Waals surface area contributed by atoms with Gasteiger partial charge >= 0.3 is 6.03 Å². The number of urea groups is 1. The summed E-state index contributed by atoms with van der Waals surface area (Å²) in [5.41, 5.74) is 0. The fourth-order valence-electron chi connectivity index (χ4n) is 1.96. The lowest BCUT2D eigenvalue weighted by Crippen LogP contribution is -2.58. The molecule has 0 saturated carbocycles. The number of carbonyl (C=O) groups excluding carboxylic acids is 4. The van der Waals surface area contributed by atoms with Gasteiger partial charge in [-0.25, -0.2) is 4.79 Å². The van der Waals surface area contributed by atoms with Gasteiger partial charge in [0.25, 0.3) is 0 Å². The van der Waals surface area contributed by atoms with E-state index in [1.165, 1.54) is 11.8 Å². The first-order valence-corrected chi connectivity index (χ1v) is 8.71. The summed E-state index contributed by atoms with van der Waals surface area (Å²) in [6, 6.07) is -1.87. The van der Waals surface area contributed by atoms with Crippen LogP contribution in [0, 0.1) is 5.92 Å². The number of aliphatic carboxylic acids is 1. The van der Waals surface area contributed by atoms with Crippen molar-refractivity contribution in [3.8, 4) is 0 Å². The Hall–Kier alpha value is -1.90. The third-order valence-corrected chi connectivity index (χ3v) is 3.95. The highest BCUT2D eigenvalue weighted by molar-refractivity contribution is 7.98. The molecule has 1 saturated heterocycles. The summed E-state index contributed by atoms with van der Waals surface area (Å²) in [6.07, 6.45) is 4.47. The number of carbonyl (C=O) groups is 4. The second-order valence-corrected chi connectivity index (χ2v) is 6.02. The molecule has 4 amide bonds. The highest BCUT2D eigenvalue weighted by Gasteiger charge is 2.39. The number of carboxylic acid groups (broad SMARTS) is 1. The van der Waals surface area contributed by atoms with E-state index in [0.29, 0.717) is 12.2 Å². The molecule has 0 aliphatic carbocycles. The SMILES string of the molecule is CCCCN1C(=O)NC(=O)[C@H](C=N[C@@H](CCSC)C(=O)[O-])C1=O. The first kappa shape index (κ1) is 19.1. The van der Waals surface area contributed by atoms with Gasteiger partial charge in [-0.1, -0.05) is 13.3 Å². The van der Waals surface area contributed by atoms with Crippen molar-refractivity contribution >= 4 is 41.8 Å². The second kappa shape index (κ2) is 9.29. The summed E-state index contributed by atoms with van der Waals surface area (Å²) in [5.74, 6) is -3.57. The first-order valence-electron chi connectivity index (χ1n) is 7.31. The number of amides is 4. The Morgan fingerprint density at radius 2 is 2.17 bits per heavy atom. The lowest BCUT2D eigenvalue weighted by Gasteiger charge is -2.28. The minimum Gasteiger partial charge on any atom is -0.548 e. The molecule has 0 aromatic carbocycles. The van der Waals surface area contributed by atoms with Crippen LogP contribution in [0.4, 0.5) is 4.79 Å². The van der Waals surface area contributed by atoms with Crippen molar-refractivity contribution in [2.45, 2.75) is 32.2 Å². The molecule has 1 aliphatic rings. The van der Waals surface area contributed by atoms with Crippen molar-refractivity contribution in [2.75, 3.05) is 18.6 Å². The van der Waals surface area contributed by atoms with Crippen LogP contribution >= 0.6 is 11.8 Å². The van der Waals surface area contributed by atoms with E-state index in [1.807, 2.05) is 13.2 Å². The number of carboxylic acids is 1. The predicted octanol–water partition coefficient (Wildman–Crippen LogP) is -0.576. The van der Waals surface area contributed by atoms with Crippen molar-refractivity contribution in [3.05, 3.63) is 0 Å². The van der Waals surface area contributed by atoms with Crippen LogP contribution < -0.4 is 10.4 Å². The van der Waals surface area contributed by atoms with Crippen molar-refractivity contribution in [1.82, 2.24) is 10.2 Å². The van der Waals surface area contributed by atoms with Crippen LogP contribution in [0.15, 0.2) is 4.99 Å². The molecule has 0 unspecified atom stereocenters. The van der Waals surface area contributed by atoms with Gasteiger partial charge in [-0.05, 0) is 24.9 Å². The Kier molecular flexibility index (Phi) is 7.73. The molecule has 128 valence electrons. The lowest BCUT2D eigenvalue weighted by atomic mass is 10.1. The summed E-state index contributed by atoms with van der Waals surface area (Å²) in [6.45, 7) is 2.11. The molecule has 1 fully saturated rings. The number of unbranched alkanes of at least 4 members (excludes halogenated alkanes) is 1. The van der Waals surface area contributed by atoms with Gasteiger partial charge in [0.2, 0.25) is 11.8 Å². The van der Waals surface area contributed by atoms with Gasteiger partial charge in [0.05, 0.1) is 12.0 Å². The van der Waals surface area contributed by atoms with Crippen LogP contribution in [0.3, 0.4) is 0 Å². The summed E-state index contributed by atoms with van der Waals surface area (Å²) >= 11 is 1.46. The molecule has 1 heterocycles. The van der Waals surface area contributed by atoms with Gasteiger partial charge in [0.1, 0.15) is 0 Å². The highest BCUT2D eigenvalue weighted by Crippen LogP contribution is 2.11. The van der Waals surface area contributed by atoms with E-state index in [0.717, 1.165) is 17.5 Å². The molecule has 23 heavy (non-hydrogen) atoms. The number of rotatable bonds is 9. The standard InChI is InChI=1S/C14H21N3O5S/c1-3-4-6-17-12(19)9(11(18)16-14(17)22)8-15-10(13(20)21)5-7-23-2/h8-10H,3-7H2,1-2H3,(H,20,21)(H,16,18,22)/p-1/t9-,10-/m0/s1. The second-order valence-electron chi connectivity index (χ2n) is 5.03. The van der Waals surface area contributed by atoms with E-state index in [4.69, 9.17) is 0 Å². The molecule has 0 spiro atoms. The topological polar surface area (TPSA) is 119 Å². The number of hydrogen-bond acceptors (Lipinski definition) is 7. The van der Waals surface area contributed by atoms with Crippen LogP contribution in [0.25, 0.3) is 0 Å². The van der Waals surface area contributed by atoms with Gasteiger partial charge < -0.3 is 9.90 Å². The fraction of sp³-hybridized carbons (Fsp3) is 0.643. The largest absolute Gasteiger partial charge is 0.548 e. The summed E-state index contributed by atoms with van der Waals surface area (Å²) in [4.78, 5) is 51.5. The van der Waals surface area contributed by atoms with E-state index >= 15 is 0 Å². The number of aliphatic imine (C=N–C) groups is 1. The van der Waals surface area contributed by atoms with E-state index in [1.54, 1.807) is 0 Å². The summed E-state index contributed by atoms with van der Waals surface area (Å²) in [5, 5.41) is 13.1. The van der Waals surface area contributed by atoms with Gasteiger partial charge in [-0.15, -0.1) is 0 Å². The highest BCUT2D eigenvalue weighted by atomic mass is 32.2. The maximum absolute atomic E-state index is 12.2. The van der Waals surface area contributed by atoms with Crippen LogP contribution in [-0.4, -0.2) is 59.5 Å². The molecule has 2 atom stereocenters. The Bertz CT molecular complexity index is 509. The van der Waals surface area contributed by atoms with E-state index < -0.39 is 35.8 Å². The molecule has 0 aromatic rings. The van der Waals surface area contributed by atoms with Crippen LogP contribution in [-0.2, 0) is 14.4 Å². The monoisotopic (exact) mass is 342 g/mol. The molecule has 1 N–H and O–H groups in total. The summed E-state index contributed by atoms with van der Waals surface area (Å²) < 4.78 is 0. The average Bonchev–Trinajstić information content (AvgIpc) is 2.49. The molecule has 0 radical (unpaired) electrons. The maximum atomic E-state index is 12.2. The Morgan fingerprint density at radius 3 is 2.74 bits per heavy atom. The van der Waals surface area contributed by atoms with Crippen LogP contribution in [0.1, 0.15) is 26.2 Å². The van der Waals surface area contributed by atoms with Crippen molar-refractivity contribution in [2.24, 2.45) is 10.9 Å². The Morgan fingerprint density at radius 1 is 1.48 bits per heavy atom. The zero-order valence-corrected chi connectivity index (χ0v) is 13.9. The van der Waals surface area contributed by atoms with Crippen molar-refractivity contribution < 1.29 is 24.3 Å². The zero-order chi connectivity index (χ0) is 17.4. The van der Waals surface area contributed by atoms with E-state index in [2.05, 4.69) is 10.3 Å². The zero-order valence-electron chi connectivity index (χ0n) is 13.1. The molecule has 0 bridgehead atoms. The average molecular weight is 342 g/mol. The normalized spacial score (nSPS) is 20.0. The molecule has 0 aromatic heterocycles. The number of barbiturate groups is 1. The quantitative estimate of drug-likeness (QED) is 0.442. The predicted molar refractivity (Wildman–Crippen MR) is 83.9 cm³/mol. The van der Waals surface area contributed by atoms with Gasteiger partial charge in [0, 0.05) is 12.8 Å². The van der Waals surface area contributed by atoms with E-state index in [9.17, 15) is 24.3 Å². The third kappa shape index (κ3) is 5.34. The fourth-order valence-corrected chi connectivity index (χ4v) is 2.42. The number of thioether (sulfide) groups is 1. The molecular formula is C14H20N3O5S-. The van der Waals surface area contributed by atoms with Gasteiger partial charge in [-0.2, -0.15) is 11.8 Å². The molecule has 1 rings (SSSR count). The molecule has 1 aliphatic heterocycles. The smallest absolute Gasteiger partial charge is 0.330 e. The number of nitrogens with one attached hydrogen (secondary N) is 1. The molecule has 8 nitrogen and oxygen atoms in total. The third-order valence-electron chi connectivity index (χ3n) is 3.31. The Balaban J connectivity index is 2.84. The number of nitrogens with zero attached hydrogens (tertiary/aromatic N) is 2. The van der Waals surface area contributed by atoms with Gasteiger partial charge in [-0.3, -0.25) is 24.8 Å². The van der Waals surface area contributed by atoms with Gasteiger partial charge in [0.15, 0.2) is 5.92 Å². The molecule has 9 heteroatoms. The number of hydrogen-bond donors (Lipinski definition) is 1. The van der Waals surface area contributed by atoms with Crippen molar-refractivity contribution in [3.63, 3.8) is 0 Å². The van der Waals surface area contributed by atoms with Crippen LogP contribution in [0.2, 0.25) is 0 Å². The summed E-state index contributed by atoms with van der Waals surface area (Å²) in [7, 11) is 0. The minimum absolute atomic E-state index is 0.204. The Labute approximate surface area is 138 Å². The molecular weight excluding hydrogens is 322 g/mol. The minimum atomic E-state index is -1.36. The number of imide groups is 2. The first-order chi connectivity index (χ1) is 10.9. The van der Waals surface area contributed by atoms with Crippen LogP contribution in [0.5, 0.6) is 0 Å². The maximum Gasteiger partial charge on any atom is 0.330 e. The van der Waals surface area contributed by atoms with E-state index in [-0.39, 0.29) is 13.0 Å². The van der Waals surface area contributed by atoms with Crippen molar-refractivity contribution in [1.29, 1.82) is 0 Å². The lowest BCUT2D eigenvalue weighted by molar-refractivity contribution is -0.307.